The molecule has 1 atom stereocenters. The Morgan fingerprint density at radius 3 is 2.23 bits per heavy atom. The molecular weight excluding hydrogens is 420 g/mol. The highest BCUT2D eigenvalue weighted by molar-refractivity contribution is 9.10. The van der Waals surface area contributed by atoms with Gasteiger partial charge in [-0.05, 0) is 42.0 Å². The highest BCUT2D eigenvalue weighted by Crippen LogP contribution is 2.42. The number of rotatable bonds is 2. The fourth-order valence-corrected chi connectivity index (χ4v) is 2.76. The molecule has 1 amide bonds. The number of benzene rings is 2. The second-order valence-electron chi connectivity index (χ2n) is 5.67. The Morgan fingerprint density at radius 1 is 1.12 bits per heavy atom. The smallest absolute Gasteiger partial charge is 0.362 e. The molecule has 1 aliphatic heterocycles. The Morgan fingerprint density at radius 2 is 1.69 bits per heavy atom. The van der Waals surface area contributed by atoms with E-state index >= 15 is 0 Å². The molecule has 2 aromatic carbocycles. The number of hydrogen-bond donors (Lipinski definition) is 1. The summed E-state index contributed by atoms with van der Waals surface area (Å²) < 4.78 is 54.2. The van der Waals surface area contributed by atoms with Gasteiger partial charge in [0.1, 0.15) is 5.82 Å². The number of carbonyl (C=O) groups is 1. The third kappa shape index (κ3) is 3.24. The number of amides is 1. The summed E-state index contributed by atoms with van der Waals surface area (Å²) in [5.74, 6) is -1.67. The van der Waals surface area contributed by atoms with Crippen molar-refractivity contribution in [2.24, 2.45) is 5.10 Å². The summed E-state index contributed by atoms with van der Waals surface area (Å²) in [6, 6.07) is 10.2. The number of hydrogen-bond acceptors (Lipinski definition) is 3. The van der Waals surface area contributed by atoms with Crippen LogP contribution in [0.4, 0.5) is 17.6 Å². The first kappa shape index (κ1) is 18.5. The van der Waals surface area contributed by atoms with E-state index in [0.29, 0.717) is 4.47 Å². The number of nitrogens with zero attached hydrogens (tertiary/aromatic N) is 2. The summed E-state index contributed by atoms with van der Waals surface area (Å²) in [5.41, 5.74) is -3.55. The second kappa shape index (κ2) is 6.48. The monoisotopic (exact) mass is 430 g/mol. The van der Waals surface area contributed by atoms with Gasteiger partial charge < -0.3 is 5.11 Å². The standard InChI is InChI=1S/C17H11BrF4N2O2/c18-12-5-1-11(2-6-12)15(25)24-16(26,17(20,21)22)9-14(23-24)10-3-7-13(19)8-4-10/h1-8,26H,9H2/t16-/m0/s1. The molecule has 1 heterocycles. The van der Waals surface area contributed by atoms with Crippen molar-refractivity contribution in [3.8, 4) is 0 Å². The molecule has 26 heavy (non-hydrogen) atoms. The zero-order chi connectivity index (χ0) is 19.1. The van der Waals surface area contributed by atoms with Gasteiger partial charge in [-0.2, -0.15) is 23.3 Å². The van der Waals surface area contributed by atoms with Crippen LogP contribution in [0.3, 0.4) is 0 Å². The van der Waals surface area contributed by atoms with Gasteiger partial charge in [0, 0.05) is 10.0 Å². The van der Waals surface area contributed by atoms with Crippen molar-refractivity contribution < 1.29 is 27.5 Å². The van der Waals surface area contributed by atoms with Crippen molar-refractivity contribution >= 4 is 27.5 Å². The van der Waals surface area contributed by atoms with E-state index < -0.39 is 30.0 Å². The minimum atomic E-state index is -5.14. The molecule has 0 aliphatic carbocycles. The molecule has 0 unspecified atom stereocenters. The van der Waals surface area contributed by atoms with E-state index in [4.69, 9.17) is 0 Å². The van der Waals surface area contributed by atoms with Gasteiger partial charge in [0.05, 0.1) is 12.1 Å². The molecule has 9 heteroatoms. The highest BCUT2D eigenvalue weighted by atomic mass is 79.9. The van der Waals surface area contributed by atoms with Gasteiger partial charge in [-0.25, -0.2) is 4.39 Å². The summed E-state index contributed by atoms with van der Waals surface area (Å²) in [4.78, 5) is 12.5. The lowest BCUT2D eigenvalue weighted by atomic mass is 10.0. The summed E-state index contributed by atoms with van der Waals surface area (Å²) >= 11 is 3.17. The van der Waals surface area contributed by atoms with Crippen LogP contribution < -0.4 is 0 Å². The molecule has 3 rings (SSSR count). The van der Waals surface area contributed by atoms with Crippen molar-refractivity contribution in [1.29, 1.82) is 0 Å². The summed E-state index contributed by atoms with van der Waals surface area (Å²) in [6.07, 6.45) is -6.09. The van der Waals surface area contributed by atoms with Gasteiger partial charge in [-0.3, -0.25) is 4.79 Å². The molecule has 1 aliphatic rings. The first-order valence-corrected chi connectivity index (χ1v) is 8.14. The van der Waals surface area contributed by atoms with Crippen molar-refractivity contribution in [2.45, 2.75) is 18.3 Å². The first-order chi connectivity index (χ1) is 12.1. The van der Waals surface area contributed by atoms with Gasteiger partial charge in [0.25, 0.3) is 11.6 Å². The molecule has 0 spiro atoms. The van der Waals surface area contributed by atoms with Crippen LogP contribution in [0.15, 0.2) is 58.1 Å². The van der Waals surface area contributed by atoms with Gasteiger partial charge >= 0.3 is 6.18 Å². The maximum atomic E-state index is 13.5. The molecule has 1 N–H and O–H groups in total. The maximum absolute atomic E-state index is 13.5. The van der Waals surface area contributed by atoms with Gasteiger partial charge in [-0.1, -0.05) is 28.1 Å². The van der Waals surface area contributed by atoms with E-state index in [2.05, 4.69) is 21.0 Å². The van der Waals surface area contributed by atoms with Gasteiger partial charge in [0.15, 0.2) is 0 Å². The zero-order valence-corrected chi connectivity index (χ0v) is 14.6. The maximum Gasteiger partial charge on any atom is 0.438 e. The summed E-state index contributed by atoms with van der Waals surface area (Å²) in [7, 11) is 0. The summed E-state index contributed by atoms with van der Waals surface area (Å²) in [5, 5.41) is 14.0. The molecule has 0 radical (unpaired) electrons. The van der Waals surface area contributed by atoms with Crippen molar-refractivity contribution in [3.05, 3.63) is 69.9 Å². The van der Waals surface area contributed by atoms with Crippen molar-refractivity contribution in [2.75, 3.05) is 0 Å². The Bertz CT molecular complexity index is 866. The number of hydrazone groups is 1. The van der Waals surface area contributed by atoms with E-state index in [-0.39, 0.29) is 21.8 Å². The van der Waals surface area contributed by atoms with Crippen molar-refractivity contribution in [3.63, 3.8) is 0 Å². The van der Waals surface area contributed by atoms with Gasteiger partial charge in [-0.15, -0.1) is 0 Å². The van der Waals surface area contributed by atoms with Crippen LogP contribution >= 0.6 is 15.9 Å². The lowest BCUT2D eigenvalue weighted by Crippen LogP contribution is -2.56. The molecule has 136 valence electrons. The second-order valence-corrected chi connectivity index (χ2v) is 6.58. The molecule has 4 nitrogen and oxygen atoms in total. The fourth-order valence-electron chi connectivity index (χ4n) is 2.50. The average molecular weight is 431 g/mol. The SMILES string of the molecule is O=C(c1ccc(Br)cc1)N1N=C(c2ccc(F)cc2)C[C@]1(O)C(F)(F)F. The van der Waals surface area contributed by atoms with E-state index in [9.17, 15) is 27.5 Å². The predicted octanol–water partition coefficient (Wildman–Crippen LogP) is 4.09. The van der Waals surface area contributed by atoms with Crippen LogP contribution in [0.5, 0.6) is 0 Å². The summed E-state index contributed by atoms with van der Waals surface area (Å²) in [6.45, 7) is 0. The fraction of sp³-hybridized carbons (Fsp3) is 0.176. The predicted molar refractivity (Wildman–Crippen MR) is 88.9 cm³/mol. The zero-order valence-electron chi connectivity index (χ0n) is 13.0. The third-order valence-electron chi connectivity index (χ3n) is 3.90. The van der Waals surface area contributed by atoms with E-state index in [1.54, 1.807) is 0 Å². The quantitative estimate of drug-likeness (QED) is 0.729. The highest BCUT2D eigenvalue weighted by Gasteiger charge is 2.63. The lowest BCUT2D eigenvalue weighted by molar-refractivity contribution is -0.297. The lowest BCUT2D eigenvalue weighted by Gasteiger charge is -2.32. The number of aliphatic hydroxyl groups is 1. The molecule has 0 bridgehead atoms. The van der Waals surface area contributed by atoms with Crippen LogP contribution in [0.25, 0.3) is 0 Å². The number of halogens is 5. The van der Waals surface area contributed by atoms with Crippen molar-refractivity contribution in [1.82, 2.24) is 5.01 Å². The van der Waals surface area contributed by atoms with E-state index in [1.165, 1.54) is 36.4 Å². The number of alkyl halides is 3. The Labute approximate surface area is 153 Å². The molecule has 0 saturated heterocycles. The Balaban J connectivity index is 2.03. The van der Waals surface area contributed by atoms with Crippen LogP contribution in [-0.2, 0) is 0 Å². The van der Waals surface area contributed by atoms with E-state index in [0.717, 1.165) is 12.1 Å². The van der Waals surface area contributed by atoms with Crippen LogP contribution in [0, 0.1) is 5.82 Å². The Hall–Kier alpha value is -2.26. The van der Waals surface area contributed by atoms with Crippen LogP contribution in [-0.4, -0.2) is 33.6 Å². The van der Waals surface area contributed by atoms with Gasteiger partial charge in [0.2, 0.25) is 0 Å². The van der Waals surface area contributed by atoms with Crippen LogP contribution in [0.1, 0.15) is 22.3 Å². The molecule has 0 saturated carbocycles. The average Bonchev–Trinajstić information content (AvgIpc) is 2.94. The molecule has 2 aromatic rings. The normalized spacial score (nSPS) is 20.2. The largest absolute Gasteiger partial charge is 0.438 e. The molecule has 0 fully saturated rings. The Kier molecular flexibility index (Phi) is 4.61. The number of carbonyl (C=O) groups excluding carboxylic acids is 1. The first-order valence-electron chi connectivity index (χ1n) is 7.34. The minimum absolute atomic E-state index is 0.0366. The minimum Gasteiger partial charge on any atom is -0.362 e. The topological polar surface area (TPSA) is 52.9 Å². The molecular formula is C17H11BrF4N2O2. The molecule has 0 aromatic heterocycles. The van der Waals surface area contributed by atoms with Crippen LogP contribution in [0.2, 0.25) is 0 Å². The third-order valence-corrected chi connectivity index (χ3v) is 4.43. The van der Waals surface area contributed by atoms with E-state index in [1.807, 2.05) is 0 Å².